The number of thiophene rings is 1. The van der Waals surface area contributed by atoms with Crippen molar-refractivity contribution < 1.29 is 4.79 Å². The van der Waals surface area contributed by atoms with Gasteiger partial charge in [0.25, 0.3) is 0 Å². The van der Waals surface area contributed by atoms with E-state index in [-0.39, 0.29) is 5.78 Å². The zero-order valence-corrected chi connectivity index (χ0v) is 12.5. The largest absolute Gasteiger partial charge is 0.293 e. The van der Waals surface area contributed by atoms with Crippen LogP contribution in [0.2, 0.25) is 0 Å². The molecular formula is C16H11BrOS. The summed E-state index contributed by atoms with van der Waals surface area (Å²) < 4.78 is 2.16. The van der Waals surface area contributed by atoms with Gasteiger partial charge in [0.1, 0.15) is 0 Å². The third-order valence-electron chi connectivity index (χ3n) is 3.01. The number of hydrogen-bond donors (Lipinski definition) is 0. The highest BCUT2D eigenvalue weighted by atomic mass is 79.9. The lowest BCUT2D eigenvalue weighted by Crippen LogP contribution is -2.01. The molecule has 3 rings (SSSR count). The second kappa shape index (κ2) is 5.27. The molecular weight excluding hydrogens is 320 g/mol. The van der Waals surface area contributed by atoms with Crippen molar-refractivity contribution in [2.24, 2.45) is 0 Å². The van der Waals surface area contributed by atoms with Crippen LogP contribution in [0.4, 0.5) is 0 Å². The van der Waals surface area contributed by atoms with Crippen LogP contribution in [0.3, 0.4) is 0 Å². The van der Waals surface area contributed by atoms with Crippen LogP contribution in [0.1, 0.15) is 15.2 Å². The van der Waals surface area contributed by atoms with E-state index in [2.05, 4.69) is 22.0 Å². The van der Waals surface area contributed by atoms with E-state index in [0.717, 1.165) is 25.0 Å². The van der Waals surface area contributed by atoms with Crippen LogP contribution in [0, 0.1) is 0 Å². The molecule has 0 unspecified atom stereocenters. The molecule has 3 heteroatoms. The molecule has 0 fully saturated rings. The first-order valence-corrected chi connectivity index (χ1v) is 7.60. The van der Waals surface area contributed by atoms with Crippen LogP contribution in [0.5, 0.6) is 0 Å². The Morgan fingerprint density at radius 2 is 1.79 bits per heavy atom. The fourth-order valence-corrected chi connectivity index (χ4v) is 3.45. The van der Waals surface area contributed by atoms with Crippen molar-refractivity contribution in [2.75, 3.05) is 0 Å². The van der Waals surface area contributed by atoms with Crippen LogP contribution < -0.4 is 0 Å². The molecule has 1 nitrogen and oxygen atoms in total. The Kier molecular flexibility index (Phi) is 3.49. The number of carbonyl (C=O) groups excluding carboxylic acids is 1. The van der Waals surface area contributed by atoms with Gasteiger partial charge in [0.15, 0.2) is 5.78 Å². The molecule has 19 heavy (non-hydrogen) atoms. The average molecular weight is 331 g/mol. The van der Waals surface area contributed by atoms with Crippen molar-refractivity contribution in [3.8, 4) is 0 Å². The summed E-state index contributed by atoms with van der Waals surface area (Å²) in [7, 11) is 0. The number of Topliss-reactive ketones (excluding diaryl/α,β-unsaturated/α-hetero) is 1. The van der Waals surface area contributed by atoms with Gasteiger partial charge >= 0.3 is 0 Å². The Morgan fingerprint density at radius 1 is 1.05 bits per heavy atom. The summed E-state index contributed by atoms with van der Waals surface area (Å²) in [6, 6.07) is 17.9. The molecule has 0 radical (unpaired) electrons. The monoisotopic (exact) mass is 330 g/mol. The van der Waals surface area contributed by atoms with Gasteiger partial charge in [-0.25, -0.2) is 0 Å². The predicted octanol–water partition coefficient (Wildman–Crippen LogP) is 5.09. The van der Waals surface area contributed by atoms with E-state index in [1.165, 1.54) is 0 Å². The van der Waals surface area contributed by atoms with Crippen molar-refractivity contribution >= 4 is 43.1 Å². The molecule has 0 saturated carbocycles. The molecule has 2 aromatic carbocycles. The van der Waals surface area contributed by atoms with E-state index in [1.807, 2.05) is 48.5 Å². The molecule has 94 valence electrons. The lowest BCUT2D eigenvalue weighted by Gasteiger charge is -2.01. The molecule has 0 aliphatic carbocycles. The van der Waals surface area contributed by atoms with Crippen LogP contribution in [-0.2, 0) is 6.42 Å². The maximum atomic E-state index is 12.3. The van der Waals surface area contributed by atoms with E-state index in [1.54, 1.807) is 11.3 Å². The van der Waals surface area contributed by atoms with Gasteiger partial charge < -0.3 is 0 Å². The molecule has 0 aliphatic rings. The van der Waals surface area contributed by atoms with Gasteiger partial charge in [0.2, 0.25) is 0 Å². The van der Waals surface area contributed by atoms with E-state index in [9.17, 15) is 4.79 Å². The minimum absolute atomic E-state index is 0.174. The summed E-state index contributed by atoms with van der Waals surface area (Å²) in [5.41, 5.74) is 1.03. The second-order valence-corrected chi connectivity index (χ2v) is 6.28. The number of fused-ring (bicyclic) bond motifs is 1. The van der Waals surface area contributed by atoms with Crippen LogP contribution in [0.25, 0.3) is 10.1 Å². The number of carbonyl (C=O) groups is 1. The Labute approximate surface area is 124 Å². The molecule has 0 bridgehead atoms. The van der Waals surface area contributed by atoms with Crippen molar-refractivity contribution in [3.63, 3.8) is 0 Å². The zero-order valence-electron chi connectivity index (χ0n) is 10.1. The average Bonchev–Trinajstić information content (AvgIpc) is 2.85. The topological polar surface area (TPSA) is 17.1 Å². The fraction of sp³-hybridized carbons (Fsp3) is 0.0625. The summed E-state index contributed by atoms with van der Waals surface area (Å²) in [6.45, 7) is 0. The normalized spacial score (nSPS) is 10.8. The lowest BCUT2D eigenvalue weighted by atomic mass is 10.1. The van der Waals surface area contributed by atoms with E-state index in [4.69, 9.17) is 0 Å². The SMILES string of the molecule is O=C(Cc1ccccc1Br)c1cc2ccccc2s1. The minimum Gasteiger partial charge on any atom is -0.293 e. The maximum Gasteiger partial charge on any atom is 0.177 e. The minimum atomic E-state index is 0.174. The summed E-state index contributed by atoms with van der Waals surface area (Å²) in [5.74, 6) is 0.174. The molecule has 0 amide bonds. The molecule has 0 spiro atoms. The Hall–Kier alpha value is -1.45. The maximum absolute atomic E-state index is 12.3. The smallest absolute Gasteiger partial charge is 0.177 e. The van der Waals surface area contributed by atoms with E-state index in [0.29, 0.717) is 6.42 Å². The zero-order chi connectivity index (χ0) is 13.2. The third-order valence-corrected chi connectivity index (χ3v) is 4.94. The van der Waals surface area contributed by atoms with Crippen LogP contribution in [-0.4, -0.2) is 5.78 Å². The van der Waals surface area contributed by atoms with E-state index < -0.39 is 0 Å². The van der Waals surface area contributed by atoms with E-state index >= 15 is 0 Å². The number of hydrogen-bond acceptors (Lipinski definition) is 2. The van der Waals surface area contributed by atoms with Gasteiger partial charge in [0, 0.05) is 15.6 Å². The number of benzene rings is 2. The highest BCUT2D eigenvalue weighted by Crippen LogP contribution is 2.27. The van der Waals surface area contributed by atoms with Gasteiger partial charge in [-0.3, -0.25) is 4.79 Å². The third kappa shape index (κ3) is 2.62. The van der Waals surface area contributed by atoms with Gasteiger partial charge in [-0.05, 0) is 29.1 Å². The number of ketones is 1. The Balaban J connectivity index is 1.90. The van der Waals surface area contributed by atoms with Gasteiger partial charge in [-0.15, -0.1) is 11.3 Å². The molecule has 0 saturated heterocycles. The highest BCUT2D eigenvalue weighted by molar-refractivity contribution is 9.10. The van der Waals surface area contributed by atoms with Crippen molar-refractivity contribution in [1.29, 1.82) is 0 Å². The highest BCUT2D eigenvalue weighted by Gasteiger charge is 2.12. The molecule has 0 aliphatic heterocycles. The van der Waals surface area contributed by atoms with Crippen molar-refractivity contribution in [3.05, 3.63) is 69.5 Å². The van der Waals surface area contributed by atoms with Crippen molar-refractivity contribution in [2.45, 2.75) is 6.42 Å². The predicted molar refractivity (Wildman–Crippen MR) is 84.0 cm³/mol. The number of rotatable bonds is 3. The number of halogens is 1. The van der Waals surface area contributed by atoms with Crippen LogP contribution in [0.15, 0.2) is 59.1 Å². The first-order chi connectivity index (χ1) is 9.24. The molecule has 1 aromatic heterocycles. The molecule has 3 aromatic rings. The summed E-state index contributed by atoms with van der Waals surface area (Å²) in [4.78, 5) is 13.2. The Bertz CT molecular complexity index is 712. The Morgan fingerprint density at radius 3 is 2.58 bits per heavy atom. The van der Waals surface area contributed by atoms with Gasteiger partial charge in [-0.2, -0.15) is 0 Å². The van der Waals surface area contributed by atoms with Crippen LogP contribution >= 0.6 is 27.3 Å². The first kappa shape index (κ1) is 12.6. The summed E-state index contributed by atoms with van der Waals surface area (Å²) in [6.07, 6.45) is 0.439. The van der Waals surface area contributed by atoms with Gasteiger partial charge in [-0.1, -0.05) is 52.3 Å². The summed E-state index contributed by atoms with van der Waals surface area (Å²) in [5, 5.41) is 1.14. The summed E-state index contributed by atoms with van der Waals surface area (Å²) >= 11 is 5.05. The quantitative estimate of drug-likeness (QED) is 0.611. The standard InChI is InChI=1S/C16H11BrOS/c17-13-7-3-1-5-11(13)9-14(18)16-10-12-6-2-4-8-15(12)19-16/h1-8,10H,9H2. The molecule has 1 heterocycles. The fourth-order valence-electron chi connectivity index (χ4n) is 2.02. The lowest BCUT2D eigenvalue weighted by molar-refractivity contribution is 0.0996. The van der Waals surface area contributed by atoms with Crippen molar-refractivity contribution in [1.82, 2.24) is 0 Å². The first-order valence-electron chi connectivity index (χ1n) is 5.99. The second-order valence-electron chi connectivity index (χ2n) is 4.34. The van der Waals surface area contributed by atoms with Gasteiger partial charge in [0.05, 0.1) is 4.88 Å². The molecule has 0 N–H and O–H groups in total. The molecule has 0 atom stereocenters.